The number of rotatable bonds is 6. The number of urea groups is 1. The normalized spacial score (nSPS) is 14.8. The number of thioether (sulfide) groups is 1. The third kappa shape index (κ3) is 4.09. The molecule has 1 fully saturated rings. The fraction of sp³-hybridized carbons (Fsp3) is 0.667. The van der Waals surface area contributed by atoms with Gasteiger partial charge in [-0.05, 0) is 18.8 Å². The Morgan fingerprint density at radius 2 is 2.44 bits per heavy atom. The molecule has 0 radical (unpaired) electrons. The molecule has 0 spiro atoms. The van der Waals surface area contributed by atoms with E-state index in [1.807, 2.05) is 0 Å². The lowest BCUT2D eigenvalue weighted by atomic mass is 10.4. The first-order valence-electron chi connectivity index (χ1n) is 5.35. The quantitative estimate of drug-likeness (QED) is 0.503. The van der Waals surface area contributed by atoms with E-state index in [-0.39, 0.29) is 6.03 Å². The van der Waals surface area contributed by atoms with Crippen LogP contribution in [-0.2, 0) is 0 Å². The first kappa shape index (κ1) is 11.3. The van der Waals surface area contributed by atoms with Gasteiger partial charge in [-0.2, -0.15) is 10.3 Å². The molecular weight excluding hydrogens is 226 g/mol. The number of amides is 2. The third-order valence-corrected chi connectivity index (χ3v) is 3.18. The second-order valence-electron chi connectivity index (χ2n) is 3.74. The average molecular weight is 241 g/mol. The van der Waals surface area contributed by atoms with Crippen molar-refractivity contribution in [3.05, 3.63) is 6.20 Å². The van der Waals surface area contributed by atoms with E-state index < -0.39 is 0 Å². The number of carbonyl (C=O) groups excluding carboxylic acids is 1. The van der Waals surface area contributed by atoms with Crippen LogP contribution in [0, 0.1) is 5.92 Å². The molecule has 1 heterocycles. The van der Waals surface area contributed by atoms with Crippen LogP contribution in [0.3, 0.4) is 0 Å². The Hall–Kier alpha value is -1.24. The van der Waals surface area contributed by atoms with Gasteiger partial charge >= 0.3 is 6.03 Å². The summed E-state index contributed by atoms with van der Waals surface area (Å²) in [5.74, 6) is 1.51. The highest BCUT2D eigenvalue weighted by atomic mass is 32.2. The first-order chi connectivity index (χ1) is 7.84. The van der Waals surface area contributed by atoms with Crippen LogP contribution < -0.4 is 10.6 Å². The lowest BCUT2D eigenvalue weighted by molar-refractivity contribution is 0.241. The molecule has 1 aromatic heterocycles. The molecule has 3 N–H and O–H groups in total. The summed E-state index contributed by atoms with van der Waals surface area (Å²) in [6, 6.07) is -0.0762. The van der Waals surface area contributed by atoms with Crippen molar-refractivity contribution in [2.75, 3.05) is 18.8 Å². The smallest absolute Gasteiger partial charge is 0.314 e. The molecule has 0 saturated heterocycles. The van der Waals surface area contributed by atoms with Crippen LogP contribution >= 0.6 is 11.8 Å². The zero-order valence-electron chi connectivity index (χ0n) is 8.90. The molecule has 16 heavy (non-hydrogen) atoms. The number of aromatic amines is 1. The highest BCUT2D eigenvalue weighted by Gasteiger charge is 2.21. The highest BCUT2D eigenvalue weighted by Crippen LogP contribution is 2.27. The molecule has 88 valence electrons. The van der Waals surface area contributed by atoms with Crippen molar-refractivity contribution in [2.24, 2.45) is 5.92 Å². The van der Waals surface area contributed by atoms with Crippen molar-refractivity contribution in [1.29, 1.82) is 0 Å². The van der Waals surface area contributed by atoms with E-state index in [0.717, 1.165) is 23.2 Å². The minimum atomic E-state index is -0.0762. The van der Waals surface area contributed by atoms with Crippen LogP contribution in [-0.4, -0.2) is 40.3 Å². The average Bonchev–Trinajstić information content (AvgIpc) is 2.97. The first-order valence-corrected chi connectivity index (χ1v) is 6.33. The van der Waals surface area contributed by atoms with Gasteiger partial charge in [0.2, 0.25) is 0 Å². The monoisotopic (exact) mass is 241 g/mol. The fourth-order valence-electron chi connectivity index (χ4n) is 1.20. The van der Waals surface area contributed by atoms with E-state index in [2.05, 4.69) is 26.0 Å². The minimum absolute atomic E-state index is 0.0762. The zero-order chi connectivity index (χ0) is 11.2. The second-order valence-corrected chi connectivity index (χ2v) is 4.85. The molecule has 0 unspecified atom stereocenters. The van der Waals surface area contributed by atoms with E-state index in [0.29, 0.717) is 6.54 Å². The van der Waals surface area contributed by atoms with Crippen molar-refractivity contribution in [1.82, 2.24) is 26.0 Å². The summed E-state index contributed by atoms with van der Waals surface area (Å²) in [6.07, 6.45) is 4.17. The van der Waals surface area contributed by atoms with Crippen molar-refractivity contribution < 1.29 is 4.79 Å². The zero-order valence-corrected chi connectivity index (χ0v) is 9.72. The molecule has 0 bridgehead atoms. The van der Waals surface area contributed by atoms with E-state index >= 15 is 0 Å². The maximum atomic E-state index is 11.3. The van der Waals surface area contributed by atoms with Gasteiger partial charge < -0.3 is 10.6 Å². The van der Waals surface area contributed by atoms with Crippen LogP contribution in [0.25, 0.3) is 0 Å². The molecule has 7 heteroatoms. The highest BCUT2D eigenvalue weighted by molar-refractivity contribution is 7.99. The van der Waals surface area contributed by atoms with Crippen LogP contribution in [0.1, 0.15) is 12.8 Å². The maximum absolute atomic E-state index is 11.3. The Morgan fingerprint density at radius 3 is 3.12 bits per heavy atom. The Bertz CT molecular complexity index is 325. The topological polar surface area (TPSA) is 82.7 Å². The summed E-state index contributed by atoms with van der Waals surface area (Å²) in [5, 5.41) is 16.6. The predicted octanol–water partition coefficient (Wildman–Crippen LogP) is 0.606. The van der Waals surface area contributed by atoms with E-state index in [4.69, 9.17) is 0 Å². The van der Waals surface area contributed by atoms with Gasteiger partial charge in [-0.1, -0.05) is 0 Å². The van der Waals surface area contributed by atoms with Gasteiger partial charge in [0.15, 0.2) is 0 Å². The maximum Gasteiger partial charge on any atom is 0.314 e. The lowest BCUT2D eigenvalue weighted by Crippen LogP contribution is -2.37. The summed E-state index contributed by atoms with van der Waals surface area (Å²) in [5.41, 5.74) is 0. The molecule has 0 aliphatic heterocycles. The SMILES string of the molecule is O=C(NCCSc1cn[nH]n1)NCC1CC1. The Morgan fingerprint density at radius 1 is 1.56 bits per heavy atom. The Kier molecular flexibility index (Phi) is 4.03. The number of nitrogens with zero attached hydrogens (tertiary/aromatic N) is 2. The second kappa shape index (κ2) is 5.74. The molecule has 1 aliphatic rings. The summed E-state index contributed by atoms with van der Waals surface area (Å²) in [7, 11) is 0. The van der Waals surface area contributed by atoms with Crippen LogP contribution in [0.2, 0.25) is 0 Å². The van der Waals surface area contributed by atoms with Gasteiger partial charge in [-0.25, -0.2) is 4.79 Å². The van der Waals surface area contributed by atoms with E-state index in [9.17, 15) is 4.79 Å². The molecule has 1 aliphatic carbocycles. The van der Waals surface area contributed by atoms with Gasteiger partial charge in [0, 0.05) is 18.8 Å². The number of aromatic nitrogens is 3. The summed E-state index contributed by atoms with van der Waals surface area (Å²) < 4.78 is 0. The largest absolute Gasteiger partial charge is 0.338 e. The molecule has 2 rings (SSSR count). The molecule has 0 aromatic carbocycles. The van der Waals surface area contributed by atoms with Gasteiger partial charge in [0.1, 0.15) is 5.03 Å². The van der Waals surface area contributed by atoms with Gasteiger partial charge in [-0.15, -0.1) is 16.9 Å². The summed E-state index contributed by atoms with van der Waals surface area (Å²) in [4.78, 5) is 11.3. The minimum Gasteiger partial charge on any atom is -0.338 e. The van der Waals surface area contributed by atoms with E-state index in [1.54, 1.807) is 18.0 Å². The van der Waals surface area contributed by atoms with Crippen LogP contribution in [0.5, 0.6) is 0 Å². The number of H-pyrrole nitrogens is 1. The summed E-state index contributed by atoms with van der Waals surface area (Å²) in [6.45, 7) is 1.44. The number of nitrogens with one attached hydrogen (secondary N) is 3. The molecule has 2 amide bonds. The van der Waals surface area contributed by atoms with Crippen molar-refractivity contribution in [3.8, 4) is 0 Å². The lowest BCUT2D eigenvalue weighted by Gasteiger charge is -2.05. The summed E-state index contributed by atoms with van der Waals surface area (Å²) >= 11 is 1.56. The van der Waals surface area contributed by atoms with Crippen molar-refractivity contribution in [3.63, 3.8) is 0 Å². The Balaban J connectivity index is 1.48. The number of carbonyl (C=O) groups is 1. The van der Waals surface area contributed by atoms with Crippen molar-refractivity contribution in [2.45, 2.75) is 17.9 Å². The molecule has 0 atom stereocenters. The third-order valence-electron chi connectivity index (χ3n) is 2.28. The van der Waals surface area contributed by atoms with Crippen molar-refractivity contribution >= 4 is 17.8 Å². The standard InChI is InChI=1S/C9H15N5OS/c15-9(11-5-7-1-2-7)10-3-4-16-8-6-12-14-13-8/h6-7H,1-5H2,(H2,10,11,15)(H,12,13,14). The predicted molar refractivity (Wildman–Crippen MR) is 61.2 cm³/mol. The van der Waals surface area contributed by atoms with Gasteiger partial charge in [-0.3, -0.25) is 0 Å². The van der Waals surface area contributed by atoms with Gasteiger partial charge in [0.25, 0.3) is 0 Å². The number of hydrogen-bond acceptors (Lipinski definition) is 4. The van der Waals surface area contributed by atoms with Crippen LogP contribution in [0.4, 0.5) is 4.79 Å². The molecular formula is C9H15N5OS. The number of hydrogen-bond donors (Lipinski definition) is 3. The molecule has 6 nitrogen and oxygen atoms in total. The van der Waals surface area contributed by atoms with E-state index in [1.165, 1.54) is 12.8 Å². The Labute approximate surface area is 97.9 Å². The molecule has 1 aromatic rings. The van der Waals surface area contributed by atoms with Gasteiger partial charge in [0.05, 0.1) is 6.20 Å². The molecule has 1 saturated carbocycles. The fourth-order valence-corrected chi connectivity index (χ4v) is 1.85. The van der Waals surface area contributed by atoms with Crippen LogP contribution in [0.15, 0.2) is 11.2 Å².